The van der Waals surface area contributed by atoms with Gasteiger partial charge in [0.05, 0.1) is 11.4 Å². The van der Waals surface area contributed by atoms with Crippen LogP contribution in [-0.4, -0.2) is 29.5 Å². The zero-order valence-electron chi connectivity index (χ0n) is 15.6. The van der Waals surface area contributed by atoms with Crippen molar-refractivity contribution in [2.75, 3.05) is 18.4 Å². The summed E-state index contributed by atoms with van der Waals surface area (Å²) < 4.78 is 0. The normalized spacial score (nSPS) is 22.6. The van der Waals surface area contributed by atoms with E-state index in [1.807, 2.05) is 47.5 Å². The topological polar surface area (TPSA) is 78.4 Å². The first-order valence-corrected chi connectivity index (χ1v) is 10.1. The number of hydrogen-bond acceptors (Lipinski definition) is 6. The molecular formula is C21H23ClN6. The number of rotatable bonds is 2. The van der Waals surface area contributed by atoms with Gasteiger partial charge in [0.25, 0.3) is 0 Å². The van der Waals surface area contributed by atoms with Crippen LogP contribution in [0.2, 0.25) is 5.02 Å². The van der Waals surface area contributed by atoms with E-state index in [-0.39, 0.29) is 11.1 Å². The highest BCUT2D eigenvalue weighted by atomic mass is 35.5. The van der Waals surface area contributed by atoms with E-state index in [1.54, 1.807) is 0 Å². The Morgan fingerprint density at radius 1 is 1.00 bits per heavy atom. The summed E-state index contributed by atoms with van der Waals surface area (Å²) in [5, 5.41) is 15.8. The molecular weight excluding hydrogens is 372 g/mol. The molecule has 2 aliphatic heterocycles. The Labute approximate surface area is 169 Å². The van der Waals surface area contributed by atoms with Gasteiger partial charge in [-0.2, -0.15) is 5.11 Å². The lowest BCUT2D eigenvalue weighted by atomic mass is 9.85. The largest absolute Gasteiger partial charge is 0.371 e. The lowest BCUT2D eigenvalue weighted by Crippen LogP contribution is -2.56. The molecule has 3 aliphatic rings. The summed E-state index contributed by atoms with van der Waals surface area (Å²) in [6.45, 7) is 1.58. The van der Waals surface area contributed by atoms with Crippen LogP contribution in [0.5, 0.6) is 0 Å². The van der Waals surface area contributed by atoms with Crippen LogP contribution in [0.3, 0.4) is 0 Å². The SMILES string of the molecule is NN1CCC2(CC1)Nc1ccccc1N=C2N=NC1(c2ccccc2Cl)CC1. The molecule has 6 nitrogen and oxygen atoms in total. The highest BCUT2D eigenvalue weighted by Crippen LogP contribution is 2.52. The van der Waals surface area contributed by atoms with E-state index < -0.39 is 0 Å². The third kappa shape index (κ3) is 3.02. The Bertz CT molecular complexity index is 957. The summed E-state index contributed by atoms with van der Waals surface area (Å²) in [6, 6.07) is 16.0. The molecule has 0 unspecified atom stereocenters. The van der Waals surface area contributed by atoms with Crippen molar-refractivity contribution < 1.29 is 0 Å². The van der Waals surface area contributed by atoms with Crippen LogP contribution >= 0.6 is 11.6 Å². The Morgan fingerprint density at radius 3 is 2.46 bits per heavy atom. The molecule has 5 rings (SSSR count). The number of hydrazine groups is 1. The molecule has 2 fully saturated rings. The molecule has 0 radical (unpaired) electrons. The Morgan fingerprint density at radius 2 is 1.71 bits per heavy atom. The van der Waals surface area contributed by atoms with Crippen LogP contribution in [0.25, 0.3) is 0 Å². The molecule has 0 amide bonds. The number of piperidine rings is 1. The number of nitrogens with two attached hydrogens (primary N) is 1. The predicted molar refractivity (Wildman–Crippen MR) is 112 cm³/mol. The first kappa shape index (κ1) is 17.8. The summed E-state index contributed by atoms with van der Waals surface area (Å²) in [6.07, 6.45) is 3.60. The monoisotopic (exact) mass is 394 g/mol. The van der Waals surface area contributed by atoms with Gasteiger partial charge < -0.3 is 5.32 Å². The minimum absolute atomic E-state index is 0.312. The summed E-state index contributed by atoms with van der Waals surface area (Å²) in [4.78, 5) is 4.90. The Kier molecular flexibility index (Phi) is 4.23. The van der Waals surface area contributed by atoms with Crippen molar-refractivity contribution >= 4 is 28.8 Å². The van der Waals surface area contributed by atoms with E-state index in [0.717, 1.165) is 66.6 Å². The van der Waals surface area contributed by atoms with Crippen LogP contribution in [0.4, 0.5) is 11.4 Å². The quantitative estimate of drug-likeness (QED) is 0.575. The van der Waals surface area contributed by atoms with Gasteiger partial charge in [0.2, 0.25) is 0 Å². The van der Waals surface area contributed by atoms with E-state index in [9.17, 15) is 0 Å². The maximum Gasteiger partial charge on any atom is 0.176 e. The number of azo groups is 1. The molecule has 144 valence electrons. The molecule has 1 saturated heterocycles. The van der Waals surface area contributed by atoms with Crippen LogP contribution < -0.4 is 11.2 Å². The van der Waals surface area contributed by atoms with Crippen LogP contribution in [0, 0.1) is 0 Å². The molecule has 2 aromatic rings. The number of hydrogen-bond donors (Lipinski definition) is 2. The van der Waals surface area contributed by atoms with Gasteiger partial charge in [0.15, 0.2) is 5.84 Å². The lowest BCUT2D eigenvalue weighted by molar-refractivity contribution is 0.204. The number of halogens is 1. The van der Waals surface area contributed by atoms with Crippen LogP contribution in [0.1, 0.15) is 31.2 Å². The van der Waals surface area contributed by atoms with E-state index >= 15 is 0 Å². The summed E-state index contributed by atoms with van der Waals surface area (Å²) in [5.41, 5.74) is 2.35. The number of nitrogens with zero attached hydrogens (tertiary/aromatic N) is 4. The highest BCUT2D eigenvalue weighted by Gasteiger charge is 2.48. The van der Waals surface area contributed by atoms with Crippen molar-refractivity contribution in [1.29, 1.82) is 0 Å². The van der Waals surface area contributed by atoms with E-state index in [4.69, 9.17) is 32.7 Å². The molecule has 0 aromatic heterocycles. The van der Waals surface area contributed by atoms with Gasteiger partial charge >= 0.3 is 0 Å². The fourth-order valence-corrected chi connectivity index (χ4v) is 4.42. The average Bonchev–Trinajstić information content (AvgIpc) is 3.50. The Hall–Kier alpha value is -2.28. The minimum Gasteiger partial charge on any atom is -0.371 e. The number of para-hydroxylation sites is 2. The molecule has 3 N–H and O–H groups in total. The zero-order valence-corrected chi connectivity index (χ0v) is 16.4. The van der Waals surface area contributed by atoms with Crippen molar-refractivity contribution in [2.45, 2.75) is 36.8 Å². The van der Waals surface area contributed by atoms with Gasteiger partial charge in [-0.05, 0) is 43.9 Å². The second-order valence-electron chi connectivity index (χ2n) is 7.91. The first-order chi connectivity index (χ1) is 13.6. The van der Waals surface area contributed by atoms with E-state index in [2.05, 4.69) is 11.4 Å². The second-order valence-corrected chi connectivity index (χ2v) is 8.31. The molecule has 1 saturated carbocycles. The molecule has 1 spiro atoms. The van der Waals surface area contributed by atoms with Gasteiger partial charge in [0, 0.05) is 23.7 Å². The first-order valence-electron chi connectivity index (χ1n) is 9.74. The fraction of sp³-hybridized carbons (Fsp3) is 0.381. The number of nitrogens with one attached hydrogen (secondary N) is 1. The third-order valence-electron chi connectivity index (χ3n) is 6.02. The maximum atomic E-state index is 6.43. The highest BCUT2D eigenvalue weighted by molar-refractivity contribution is 6.31. The van der Waals surface area contributed by atoms with E-state index in [1.165, 1.54) is 0 Å². The summed E-state index contributed by atoms with van der Waals surface area (Å²) >= 11 is 6.43. The predicted octanol–water partition coefficient (Wildman–Crippen LogP) is 4.65. The third-order valence-corrected chi connectivity index (χ3v) is 6.35. The summed E-state index contributed by atoms with van der Waals surface area (Å²) in [7, 11) is 0. The molecule has 1 aliphatic carbocycles. The molecule has 0 atom stereocenters. The van der Waals surface area contributed by atoms with Gasteiger partial charge in [-0.1, -0.05) is 41.9 Å². The van der Waals surface area contributed by atoms with Crippen molar-refractivity contribution in [3.8, 4) is 0 Å². The minimum atomic E-state index is -0.329. The van der Waals surface area contributed by atoms with Crippen molar-refractivity contribution in [3.05, 3.63) is 59.1 Å². The lowest BCUT2D eigenvalue weighted by Gasteiger charge is -2.42. The summed E-state index contributed by atoms with van der Waals surface area (Å²) in [5.74, 6) is 6.76. The molecule has 28 heavy (non-hydrogen) atoms. The second kappa shape index (κ2) is 6.65. The number of aliphatic imine (C=N–C) groups is 1. The number of anilines is 1. The smallest absolute Gasteiger partial charge is 0.176 e. The standard InChI is InChI=1S/C21H23ClN6/c22-16-6-2-1-5-15(16)20(9-10-20)27-26-19-21(11-13-28(23)14-12-21)25-18-8-4-3-7-17(18)24-19/h1-8,25H,9-14,23H2. The maximum absolute atomic E-state index is 6.43. The molecule has 2 aromatic carbocycles. The van der Waals surface area contributed by atoms with Gasteiger partial charge in [-0.3, -0.25) is 5.84 Å². The van der Waals surface area contributed by atoms with Gasteiger partial charge in [-0.15, -0.1) is 5.11 Å². The fourth-order valence-electron chi connectivity index (χ4n) is 4.11. The number of benzene rings is 2. The van der Waals surface area contributed by atoms with Crippen molar-refractivity contribution in [1.82, 2.24) is 5.01 Å². The average molecular weight is 395 g/mol. The molecule has 7 heteroatoms. The van der Waals surface area contributed by atoms with Crippen molar-refractivity contribution in [3.63, 3.8) is 0 Å². The van der Waals surface area contributed by atoms with Gasteiger partial charge in [-0.25, -0.2) is 10.0 Å². The molecule has 0 bridgehead atoms. The molecule has 2 heterocycles. The van der Waals surface area contributed by atoms with Crippen LogP contribution in [-0.2, 0) is 5.54 Å². The zero-order chi connectivity index (χ0) is 19.2. The Balaban J connectivity index is 1.52. The number of fused-ring (bicyclic) bond motifs is 1. The van der Waals surface area contributed by atoms with Crippen molar-refractivity contribution in [2.24, 2.45) is 21.1 Å². The number of amidine groups is 1. The van der Waals surface area contributed by atoms with Crippen LogP contribution in [0.15, 0.2) is 63.8 Å². The van der Waals surface area contributed by atoms with Gasteiger partial charge in [0.1, 0.15) is 11.1 Å². The van der Waals surface area contributed by atoms with E-state index in [0.29, 0.717) is 0 Å².